The van der Waals surface area contributed by atoms with Crippen molar-refractivity contribution in [1.29, 1.82) is 0 Å². The van der Waals surface area contributed by atoms with Crippen molar-refractivity contribution in [2.24, 2.45) is 5.92 Å². The molecule has 0 spiro atoms. The lowest BCUT2D eigenvalue weighted by Crippen LogP contribution is -2.41. The van der Waals surface area contributed by atoms with Crippen molar-refractivity contribution in [1.82, 2.24) is 9.80 Å². The Labute approximate surface area is 94.4 Å². The molecule has 1 rings (SSSR count). The van der Waals surface area contributed by atoms with Crippen LogP contribution in [-0.2, 0) is 4.79 Å². The number of urea groups is 1. The zero-order valence-corrected chi connectivity index (χ0v) is 9.43. The molecule has 1 atom stereocenters. The molecule has 1 fully saturated rings. The van der Waals surface area contributed by atoms with E-state index in [9.17, 15) is 9.59 Å². The number of carboxylic acids is 1. The number of carbonyl (C=O) groups excluding carboxylic acids is 1. The molecule has 1 unspecified atom stereocenters. The van der Waals surface area contributed by atoms with Crippen LogP contribution in [-0.4, -0.2) is 65.3 Å². The predicted octanol–water partition coefficient (Wildman–Crippen LogP) is -0.173. The van der Waals surface area contributed by atoms with E-state index in [0.717, 1.165) is 6.42 Å². The van der Waals surface area contributed by atoms with E-state index in [4.69, 9.17) is 10.2 Å². The summed E-state index contributed by atoms with van der Waals surface area (Å²) in [7, 11) is 1.63. The lowest BCUT2D eigenvalue weighted by atomic mass is 10.1. The summed E-state index contributed by atoms with van der Waals surface area (Å²) in [6.07, 6.45) is 0.860. The number of likely N-dealkylation sites (N-methyl/N-ethyl adjacent to an activating group) is 1. The van der Waals surface area contributed by atoms with Crippen LogP contribution in [0.1, 0.15) is 12.8 Å². The fourth-order valence-electron chi connectivity index (χ4n) is 1.91. The van der Waals surface area contributed by atoms with Crippen LogP contribution in [0.15, 0.2) is 0 Å². The first-order valence-electron chi connectivity index (χ1n) is 5.37. The van der Waals surface area contributed by atoms with Crippen LogP contribution in [0.4, 0.5) is 4.79 Å². The van der Waals surface area contributed by atoms with Crippen LogP contribution >= 0.6 is 0 Å². The van der Waals surface area contributed by atoms with E-state index in [1.165, 1.54) is 4.90 Å². The van der Waals surface area contributed by atoms with Crippen LogP contribution in [0.5, 0.6) is 0 Å². The molecule has 2 N–H and O–H groups in total. The third-order valence-electron chi connectivity index (χ3n) is 2.78. The first-order valence-corrected chi connectivity index (χ1v) is 5.37. The Morgan fingerprint density at radius 2 is 2.19 bits per heavy atom. The van der Waals surface area contributed by atoms with Gasteiger partial charge in [0, 0.05) is 33.1 Å². The van der Waals surface area contributed by atoms with Crippen molar-refractivity contribution in [2.75, 3.05) is 33.3 Å². The van der Waals surface area contributed by atoms with Crippen LogP contribution in [0.25, 0.3) is 0 Å². The number of aliphatic hydroxyl groups is 1. The predicted molar refractivity (Wildman–Crippen MR) is 57.0 cm³/mol. The lowest BCUT2D eigenvalue weighted by molar-refractivity contribution is -0.138. The maximum atomic E-state index is 11.8. The fraction of sp³-hybridized carbons (Fsp3) is 0.800. The number of aliphatic carboxylic acids is 1. The summed E-state index contributed by atoms with van der Waals surface area (Å²) in [6, 6.07) is -0.137. The van der Waals surface area contributed by atoms with E-state index >= 15 is 0 Å². The van der Waals surface area contributed by atoms with Gasteiger partial charge in [-0.05, 0) is 12.3 Å². The second kappa shape index (κ2) is 5.69. The molecule has 0 saturated carbocycles. The smallest absolute Gasteiger partial charge is 0.319 e. The summed E-state index contributed by atoms with van der Waals surface area (Å²) >= 11 is 0. The molecule has 6 nitrogen and oxygen atoms in total. The second-order valence-electron chi connectivity index (χ2n) is 4.13. The van der Waals surface area contributed by atoms with Crippen LogP contribution in [0.2, 0.25) is 0 Å². The van der Waals surface area contributed by atoms with Gasteiger partial charge in [0.1, 0.15) is 0 Å². The minimum absolute atomic E-state index is 0.0592. The number of carbonyl (C=O) groups is 2. The Morgan fingerprint density at radius 1 is 1.50 bits per heavy atom. The average Bonchev–Trinajstić information content (AvgIpc) is 2.64. The number of likely N-dealkylation sites (tertiary alicyclic amines) is 1. The third kappa shape index (κ3) is 3.37. The maximum absolute atomic E-state index is 11.8. The van der Waals surface area contributed by atoms with E-state index in [0.29, 0.717) is 19.6 Å². The van der Waals surface area contributed by atoms with Crippen molar-refractivity contribution in [3.05, 3.63) is 0 Å². The largest absolute Gasteiger partial charge is 0.481 e. The van der Waals surface area contributed by atoms with Gasteiger partial charge >= 0.3 is 12.0 Å². The molecule has 1 heterocycles. The Hall–Kier alpha value is -1.30. The standard InChI is InChI=1S/C10H18N2O4/c1-11(4-5-13)10(16)12-3-2-8(7-12)6-9(14)15/h8,13H,2-7H2,1H3,(H,14,15). The van der Waals surface area contributed by atoms with Gasteiger partial charge in [0.15, 0.2) is 0 Å². The molecule has 0 aromatic rings. The Kier molecular flexibility index (Phi) is 4.54. The number of nitrogens with zero attached hydrogens (tertiary/aromatic N) is 2. The molecule has 0 aromatic carbocycles. The summed E-state index contributed by atoms with van der Waals surface area (Å²) < 4.78 is 0. The van der Waals surface area contributed by atoms with Gasteiger partial charge in [0.2, 0.25) is 0 Å². The zero-order valence-electron chi connectivity index (χ0n) is 9.43. The Morgan fingerprint density at radius 3 is 2.75 bits per heavy atom. The first kappa shape index (κ1) is 12.8. The highest BCUT2D eigenvalue weighted by molar-refractivity contribution is 5.74. The van der Waals surface area contributed by atoms with Crippen molar-refractivity contribution in [2.45, 2.75) is 12.8 Å². The lowest BCUT2D eigenvalue weighted by Gasteiger charge is -2.23. The first-order chi connectivity index (χ1) is 7.54. The van der Waals surface area contributed by atoms with Crippen molar-refractivity contribution >= 4 is 12.0 Å². The monoisotopic (exact) mass is 230 g/mol. The highest BCUT2D eigenvalue weighted by Gasteiger charge is 2.29. The summed E-state index contributed by atoms with van der Waals surface area (Å²) in [5, 5.41) is 17.4. The van der Waals surface area contributed by atoms with E-state index in [-0.39, 0.29) is 25.0 Å². The van der Waals surface area contributed by atoms with Gasteiger partial charge in [-0.25, -0.2) is 4.79 Å². The molecule has 6 heteroatoms. The number of amides is 2. The molecule has 0 radical (unpaired) electrons. The number of carboxylic acid groups (broad SMARTS) is 1. The van der Waals surface area contributed by atoms with Gasteiger partial charge in [-0.2, -0.15) is 0 Å². The maximum Gasteiger partial charge on any atom is 0.319 e. The molecule has 1 saturated heterocycles. The average molecular weight is 230 g/mol. The SMILES string of the molecule is CN(CCO)C(=O)N1CCC(CC(=O)O)C1. The molecule has 0 bridgehead atoms. The van der Waals surface area contributed by atoms with E-state index in [1.807, 2.05) is 0 Å². The summed E-state index contributed by atoms with van der Waals surface area (Å²) in [6.45, 7) is 1.35. The number of hydrogen-bond acceptors (Lipinski definition) is 3. The minimum atomic E-state index is -0.817. The number of aliphatic hydroxyl groups excluding tert-OH is 1. The van der Waals surface area contributed by atoms with E-state index in [2.05, 4.69) is 0 Å². The Bertz CT molecular complexity index is 270. The highest BCUT2D eigenvalue weighted by atomic mass is 16.4. The van der Waals surface area contributed by atoms with Crippen molar-refractivity contribution in [3.8, 4) is 0 Å². The van der Waals surface area contributed by atoms with Crippen LogP contribution in [0, 0.1) is 5.92 Å². The minimum Gasteiger partial charge on any atom is -0.481 e. The second-order valence-corrected chi connectivity index (χ2v) is 4.13. The van der Waals surface area contributed by atoms with Crippen molar-refractivity contribution in [3.63, 3.8) is 0 Å². The topological polar surface area (TPSA) is 81.1 Å². The molecule has 1 aliphatic heterocycles. The molecule has 2 amide bonds. The molecular weight excluding hydrogens is 212 g/mol. The summed E-state index contributed by atoms with van der Waals surface area (Å²) in [4.78, 5) is 25.4. The van der Waals surface area contributed by atoms with Gasteiger partial charge in [-0.3, -0.25) is 4.79 Å². The highest BCUT2D eigenvalue weighted by Crippen LogP contribution is 2.20. The number of hydrogen-bond donors (Lipinski definition) is 2. The zero-order chi connectivity index (χ0) is 12.1. The Balaban J connectivity index is 2.40. The summed E-state index contributed by atoms with van der Waals surface area (Å²) in [5.74, 6) is -0.757. The molecule has 0 aliphatic carbocycles. The van der Waals surface area contributed by atoms with E-state index < -0.39 is 5.97 Å². The molecule has 16 heavy (non-hydrogen) atoms. The van der Waals surface area contributed by atoms with Crippen molar-refractivity contribution < 1.29 is 19.8 Å². The molecule has 0 aromatic heterocycles. The normalized spacial score (nSPS) is 19.9. The van der Waals surface area contributed by atoms with Gasteiger partial charge in [0.25, 0.3) is 0 Å². The van der Waals surface area contributed by atoms with Gasteiger partial charge < -0.3 is 20.0 Å². The number of rotatable bonds is 4. The van der Waals surface area contributed by atoms with Gasteiger partial charge in [0.05, 0.1) is 6.61 Å². The van der Waals surface area contributed by atoms with Crippen LogP contribution in [0.3, 0.4) is 0 Å². The molecule has 92 valence electrons. The quantitative estimate of drug-likeness (QED) is 0.702. The summed E-state index contributed by atoms with van der Waals surface area (Å²) in [5.41, 5.74) is 0. The van der Waals surface area contributed by atoms with Crippen LogP contribution < -0.4 is 0 Å². The molecule has 1 aliphatic rings. The van der Waals surface area contributed by atoms with E-state index in [1.54, 1.807) is 11.9 Å². The molecular formula is C10H18N2O4. The third-order valence-corrected chi connectivity index (χ3v) is 2.78. The fourth-order valence-corrected chi connectivity index (χ4v) is 1.91. The van der Waals surface area contributed by atoms with Gasteiger partial charge in [-0.1, -0.05) is 0 Å². The van der Waals surface area contributed by atoms with Gasteiger partial charge in [-0.15, -0.1) is 0 Å².